The van der Waals surface area contributed by atoms with E-state index in [0.717, 1.165) is 17.9 Å². The molecule has 0 saturated heterocycles. The lowest BCUT2D eigenvalue weighted by Gasteiger charge is -2.36. The SMILES string of the molecule is CCONC1CC(c2ccccc2Cl)C1. The number of benzene rings is 1. The zero-order valence-corrected chi connectivity index (χ0v) is 9.63. The quantitative estimate of drug-likeness (QED) is 0.795. The van der Waals surface area contributed by atoms with Crippen molar-refractivity contribution in [2.24, 2.45) is 0 Å². The van der Waals surface area contributed by atoms with Crippen LogP contribution in [0.5, 0.6) is 0 Å². The molecule has 3 heteroatoms. The molecular formula is C12H16ClNO. The number of hydrogen-bond acceptors (Lipinski definition) is 2. The van der Waals surface area contributed by atoms with Crippen molar-refractivity contribution in [2.45, 2.75) is 31.7 Å². The van der Waals surface area contributed by atoms with E-state index in [9.17, 15) is 0 Å². The first-order chi connectivity index (χ1) is 7.31. The van der Waals surface area contributed by atoms with Crippen molar-refractivity contribution < 1.29 is 4.84 Å². The molecule has 0 radical (unpaired) electrons. The van der Waals surface area contributed by atoms with Crippen LogP contribution in [0.2, 0.25) is 5.02 Å². The second-order valence-electron chi connectivity index (χ2n) is 3.94. The van der Waals surface area contributed by atoms with Gasteiger partial charge in [-0.15, -0.1) is 0 Å². The molecule has 0 amide bonds. The van der Waals surface area contributed by atoms with Gasteiger partial charge >= 0.3 is 0 Å². The van der Waals surface area contributed by atoms with Crippen LogP contribution < -0.4 is 5.48 Å². The minimum absolute atomic E-state index is 0.492. The maximum absolute atomic E-state index is 6.13. The molecule has 0 unspecified atom stereocenters. The zero-order chi connectivity index (χ0) is 10.7. The predicted molar refractivity (Wildman–Crippen MR) is 62.0 cm³/mol. The fraction of sp³-hybridized carbons (Fsp3) is 0.500. The fourth-order valence-electron chi connectivity index (χ4n) is 1.98. The van der Waals surface area contributed by atoms with E-state index >= 15 is 0 Å². The molecule has 2 rings (SSSR count). The molecule has 1 aliphatic rings. The second-order valence-corrected chi connectivity index (χ2v) is 4.34. The summed E-state index contributed by atoms with van der Waals surface area (Å²) >= 11 is 6.13. The Bertz CT molecular complexity index is 323. The third kappa shape index (κ3) is 2.51. The summed E-state index contributed by atoms with van der Waals surface area (Å²) in [4.78, 5) is 5.17. The van der Waals surface area contributed by atoms with Gasteiger partial charge in [0.15, 0.2) is 0 Å². The lowest BCUT2D eigenvalue weighted by atomic mass is 9.76. The second kappa shape index (κ2) is 4.97. The molecule has 82 valence electrons. The minimum atomic E-state index is 0.492. The molecule has 0 bridgehead atoms. The molecule has 1 saturated carbocycles. The smallest absolute Gasteiger partial charge is 0.0654 e. The molecule has 0 atom stereocenters. The van der Waals surface area contributed by atoms with Crippen molar-refractivity contribution in [3.63, 3.8) is 0 Å². The van der Waals surface area contributed by atoms with Gasteiger partial charge in [0, 0.05) is 11.1 Å². The summed E-state index contributed by atoms with van der Waals surface area (Å²) in [5.41, 5.74) is 4.32. The van der Waals surface area contributed by atoms with Gasteiger partial charge in [-0.05, 0) is 37.3 Å². The summed E-state index contributed by atoms with van der Waals surface area (Å²) in [5.74, 6) is 0.594. The number of nitrogens with one attached hydrogen (secondary N) is 1. The Morgan fingerprint density at radius 1 is 1.40 bits per heavy atom. The molecule has 0 aromatic heterocycles. The van der Waals surface area contributed by atoms with E-state index in [4.69, 9.17) is 16.4 Å². The molecular weight excluding hydrogens is 210 g/mol. The summed E-state index contributed by atoms with van der Waals surface area (Å²) in [5, 5.41) is 0.886. The predicted octanol–water partition coefficient (Wildman–Crippen LogP) is 3.13. The molecule has 2 nitrogen and oxygen atoms in total. The van der Waals surface area contributed by atoms with Crippen LogP contribution in [0.3, 0.4) is 0 Å². The maximum Gasteiger partial charge on any atom is 0.0654 e. The van der Waals surface area contributed by atoms with Gasteiger partial charge in [0.05, 0.1) is 6.61 Å². The number of hydroxylamine groups is 1. The van der Waals surface area contributed by atoms with E-state index < -0.39 is 0 Å². The molecule has 1 aromatic rings. The Morgan fingerprint density at radius 3 is 2.80 bits per heavy atom. The molecule has 1 aliphatic carbocycles. The number of hydrogen-bond donors (Lipinski definition) is 1. The molecule has 0 heterocycles. The lowest BCUT2D eigenvalue weighted by Crippen LogP contribution is -2.40. The van der Waals surface area contributed by atoms with Gasteiger partial charge in [0.1, 0.15) is 0 Å². The minimum Gasteiger partial charge on any atom is -0.302 e. The van der Waals surface area contributed by atoms with Crippen LogP contribution in [0.25, 0.3) is 0 Å². The molecule has 15 heavy (non-hydrogen) atoms. The highest BCUT2D eigenvalue weighted by atomic mass is 35.5. The van der Waals surface area contributed by atoms with Crippen molar-refractivity contribution in [1.82, 2.24) is 5.48 Å². The zero-order valence-electron chi connectivity index (χ0n) is 8.87. The average Bonchev–Trinajstić information content (AvgIpc) is 2.18. The average molecular weight is 226 g/mol. The molecule has 1 fully saturated rings. The Morgan fingerprint density at radius 2 is 2.13 bits per heavy atom. The largest absolute Gasteiger partial charge is 0.302 e. The van der Waals surface area contributed by atoms with Gasteiger partial charge in [-0.25, -0.2) is 0 Å². The van der Waals surface area contributed by atoms with Gasteiger partial charge < -0.3 is 4.84 Å². The van der Waals surface area contributed by atoms with Crippen molar-refractivity contribution in [3.05, 3.63) is 34.9 Å². The highest BCUT2D eigenvalue weighted by molar-refractivity contribution is 6.31. The molecule has 1 N–H and O–H groups in total. The van der Waals surface area contributed by atoms with Crippen LogP contribution in [-0.4, -0.2) is 12.6 Å². The Balaban J connectivity index is 1.87. The first kappa shape index (κ1) is 10.9. The maximum atomic E-state index is 6.13. The van der Waals surface area contributed by atoms with E-state index in [1.54, 1.807) is 0 Å². The summed E-state index contributed by atoms with van der Waals surface area (Å²) in [6.07, 6.45) is 2.23. The van der Waals surface area contributed by atoms with Gasteiger partial charge in [-0.1, -0.05) is 29.8 Å². The summed E-state index contributed by atoms with van der Waals surface area (Å²) < 4.78 is 0. The van der Waals surface area contributed by atoms with Gasteiger partial charge in [0.25, 0.3) is 0 Å². The van der Waals surface area contributed by atoms with Crippen LogP contribution >= 0.6 is 11.6 Å². The van der Waals surface area contributed by atoms with Crippen LogP contribution in [0, 0.1) is 0 Å². The van der Waals surface area contributed by atoms with Crippen molar-refractivity contribution >= 4 is 11.6 Å². The fourth-order valence-corrected chi connectivity index (χ4v) is 2.27. The van der Waals surface area contributed by atoms with E-state index in [1.165, 1.54) is 5.56 Å². The van der Waals surface area contributed by atoms with Gasteiger partial charge in [-0.2, -0.15) is 5.48 Å². The first-order valence-corrected chi connectivity index (χ1v) is 5.80. The highest BCUT2D eigenvalue weighted by Crippen LogP contribution is 2.39. The monoisotopic (exact) mass is 225 g/mol. The van der Waals surface area contributed by atoms with E-state index in [-0.39, 0.29) is 0 Å². The van der Waals surface area contributed by atoms with E-state index in [0.29, 0.717) is 18.6 Å². The number of halogens is 1. The molecule has 0 spiro atoms. The van der Waals surface area contributed by atoms with Crippen molar-refractivity contribution in [2.75, 3.05) is 6.61 Å². The number of rotatable bonds is 4. The normalized spacial score (nSPS) is 24.9. The highest BCUT2D eigenvalue weighted by Gasteiger charge is 2.31. The Kier molecular flexibility index (Phi) is 3.62. The standard InChI is InChI=1S/C12H16ClNO/c1-2-15-14-10-7-9(8-10)11-5-3-4-6-12(11)13/h3-6,9-10,14H,2,7-8H2,1H3. The van der Waals surface area contributed by atoms with Gasteiger partial charge in [-0.3, -0.25) is 0 Å². The topological polar surface area (TPSA) is 21.3 Å². The van der Waals surface area contributed by atoms with Crippen LogP contribution in [-0.2, 0) is 4.84 Å². The summed E-state index contributed by atoms with van der Waals surface area (Å²) in [6, 6.07) is 8.58. The Hall–Kier alpha value is -0.570. The molecule has 0 aliphatic heterocycles. The van der Waals surface area contributed by atoms with Gasteiger partial charge in [0.2, 0.25) is 0 Å². The van der Waals surface area contributed by atoms with Crippen LogP contribution in [0.1, 0.15) is 31.2 Å². The summed E-state index contributed by atoms with van der Waals surface area (Å²) in [6.45, 7) is 2.70. The van der Waals surface area contributed by atoms with Crippen LogP contribution in [0.15, 0.2) is 24.3 Å². The van der Waals surface area contributed by atoms with Crippen molar-refractivity contribution in [1.29, 1.82) is 0 Å². The summed E-state index contributed by atoms with van der Waals surface area (Å²) in [7, 11) is 0. The third-order valence-electron chi connectivity index (χ3n) is 2.88. The third-order valence-corrected chi connectivity index (χ3v) is 3.22. The Labute approximate surface area is 95.5 Å². The van der Waals surface area contributed by atoms with E-state index in [2.05, 4.69) is 11.5 Å². The van der Waals surface area contributed by atoms with Crippen molar-refractivity contribution in [3.8, 4) is 0 Å². The van der Waals surface area contributed by atoms with E-state index in [1.807, 2.05) is 25.1 Å². The lowest BCUT2D eigenvalue weighted by molar-refractivity contribution is -0.00156. The van der Waals surface area contributed by atoms with Crippen LogP contribution in [0.4, 0.5) is 0 Å². The first-order valence-electron chi connectivity index (χ1n) is 5.43. The molecule has 1 aromatic carbocycles.